The van der Waals surface area contributed by atoms with Crippen LogP contribution in [-0.2, 0) is 4.79 Å². The molecule has 1 amide bonds. The van der Waals surface area contributed by atoms with Crippen LogP contribution in [-0.4, -0.2) is 23.2 Å². The molecule has 0 aliphatic rings. The van der Waals surface area contributed by atoms with Gasteiger partial charge in [0.25, 0.3) is 5.91 Å². The van der Waals surface area contributed by atoms with Gasteiger partial charge in [-0.15, -0.1) is 11.8 Å². The zero-order chi connectivity index (χ0) is 17.5. The van der Waals surface area contributed by atoms with Crippen molar-refractivity contribution >= 4 is 23.6 Å². The topological polar surface area (TPSA) is 66.4 Å². The molecule has 0 aromatic heterocycles. The van der Waals surface area contributed by atoms with Gasteiger partial charge in [-0.3, -0.25) is 9.59 Å². The van der Waals surface area contributed by atoms with Crippen LogP contribution in [0, 0.1) is 6.92 Å². The van der Waals surface area contributed by atoms with Gasteiger partial charge in [-0.25, -0.2) is 0 Å². The maximum Gasteiger partial charge on any atom is 0.303 e. The summed E-state index contributed by atoms with van der Waals surface area (Å²) in [6, 6.07) is 14.9. The Kier molecular flexibility index (Phi) is 6.44. The summed E-state index contributed by atoms with van der Waals surface area (Å²) in [7, 11) is 0. The number of carboxylic acid groups (broad SMARTS) is 1. The quantitative estimate of drug-likeness (QED) is 0.744. The van der Waals surface area contributed by atoms with E-state index in [2.05, 4.69) is 5.32 Å². The van der Waals surface area contributed by atoms with Crippen molar-refractivity contribution in [1.29, 1.82) is 0 Å². The molecule has 0 heterocycles. The number of aliphatic carboxylic acids is 1. The van der Waals surface area contributed by atoms with Crippen molar-refractivity contribution in [3.8, 4) is 0 Å². The highest BCUT2D eigenvalue weighted by molar-refractivity contribution is 7.98. The fraction of sp³-hybridized carbons (Fsp3) is 0.263. The molecule has 2 rings (SSSR count). The van der Waals surface area contributed by atoms with Gasteiger partial charge in [0.05, 0.1) is 6.04 Å². The second-order valence-electron chi connectivity index (χ2n) is 5.55. The summed E-state index contributed by atoms with van der Waals surface area (Å²) in [5.41, 5.74) is 2.43. The number of aryl methyl sites for hydroxylation is 1. The van der Waals surface area contributed by atoms with E-state index in [1.807, 2.05) is 61.7 Å². The molecule has 2 N–H and O–H groups in total. The van der Waals surface area contributed by atoms with Crippen LogP contribution in [0.25, 0.3) is 0 Å². The maximum absolute atomic E-state index is 12.7. The van der Waals surface area contributed by atoms with Gasteiger partial charge < -0.3 is 10.4 Å². The van der Waals surface area contributed by atoms with Gasteiger partial charge in [0.15, 0.2) is 0 Å². The van der Waals surface area contributed by atoms with Crippen LogP contribution in [0.2, 0.25) is 0 Å². The number of hydrogen-bond acceptors (Lipinski definition) is 3. The summed E-state index contributed by atoms with van der Waals surface area (Å²) in [6.07, 6.45) is 2.32. The largest absolute Gasteiger partial charge is 0.481 e. The van der Waals surface area contributed by atoms with E-state index in [0.29, 0.717) is 12.0 Å². The van der Waals surface area contributed by atoms with Crippen molar-refractivity contribution in [3.05, 3.63) is 65.2 Å². The van der Waals surface area contributed by atoms with Crippen molar-refractivity contribution in [3.63, 3.8) is 0 Å². The fourth-order valence-corrected chi connectivity index (χ4v) is 2.92. The molecule has 0 spiro atoms. The second-order valence-corrected chi connectivity index (χ2v) is 6.43. The van der Waals surface area contributed by atoms with Crippen LogP contribution in [0.5, 0.6) is 0 Å². The van der Waals surface area contributed by atoms with E-state index in [-0.39, 0.29) is 18.4 Å². The summed E-state index contributed by atoms with van der Waals surface area (Å²) < 4.78 is 0. The number of nitrogens with one attached hydrogen (secondary N) is 1. The molecule has 4 nitrogen and oxygen atoms in total. The predicted octanol–water partition coefficient (Wildman–Crippen LogP) is 4.05. The van der Waals surface area contributed by atoms with E-state index < -0.39 is 5.97 Å². The first-order valence-electron chi connectivity index (χ1n) is 7.73. The Bertz CT molecular complexity index is 716. The fourth-order valence-electron chi connectivity index (χ4n) is 2.48. The molecular weight excluding hydrogens is 322 g/mol. The van der Waals surface area contributed by atoms with E-state index in [4.69, 9.17) is 5.11 Å². The zero-order valence-corrected chi connectivity index (χ0v) is 14.6. The van der Waals surface area contributed by atoms with Gasteiger partial charge in [-0.1, -0.05) is 36.4 Å². The third kappa shape index (κ3) is 4.86. The Hall–Kier alpha value is -2.27. The lowest BCUT2D eigenvalue weighted by molar-refractivity contribution is -0.137. The standard InChI is InChI=1S/C19H21NO3S/c1-13-8-9-15(24-2)12-16(13)19(23)20-17(10-11-18(21)22)14-6-4-3-5-7-14/h3-9,12,17H,10-11H2,1-2H3,(H,20,23)(H,21,22). The maximum atomic E-state index is 12.7. The summed E-state index contributed by atoms with van der Waals surface area (Å²) in [5.74, 6) is -1.05. The normalized spacial score (nSPS) is 11.8. The first-order valence-corrected chi connectivity index (χ1v) is 8.96. The summed E-state index contributed by atoms with van der Waals surface area (Å²) in [5, 5.41) is 11.9. The molecular formula is C19H21NO3S. The van der Waals surface area contributed by atoms with Crippen molar-refractivity contribution in [1.82, 2.24) is 5.32 Å². The summed E-state index contributed by atoms with van der Waals surface area (Å²) in [4.78, 5) is 24.6. The average molecular weight is 343 g/mol. The molecule has 0 saturated heterocycles. The third-order valence-electron chi connectivity index (χ3n) is 3.84. The molecule has 2 aromatic carbocycles. The van der Waals surface area contributed by atoms with Crippen LogP contribution < -0.4 is 5.32 Å². The minimum Gasteiger partial charge on any atom is -0.481 e. The molecule has 0 fully saturated rings. The van der Waals surface area contributed by atoms with Crippen molar-refractivity contribution in [2.24, 2.45) is 0 Å². The van der Waals surface area contributed by atoms with Crippen molar-refractivity contribution in [2.45, 2.75) is 30.7 Å². The van der Waals surface area contributed by atoms with Gasteiger partial charge in [0.2, 0.25) is 0 Å². The number of carbonyl (C=O) groups excluding carboxylic acids is 1. The Morgan fingerprint density at radius 3 is 2.50 bits per heavy atom. The Morgan fingerprint density at radius 1 is 1.17 bits per heavy atom. The molecule has 1 atom stereocenters. The van der Waals surface area contributed by atoms with Gasteiger partial charge in [0, 0.05) is 16.9 Å². The molecule has 1 unspecified atom stereocenters. The lowest BCUT2D eigenvalue weighted by Gasteiger charge is -2.19. The van der Waals surface area contributed by atoms with Crippen LogP contribution in [0.4, 0.5) is 0 Å². The number of carbonyl (C=O) groups is 2. The second kappa shape index (κ2) is 8.55. The number of amides is 1. The van der Waals surface area contributed by atoms with Gasteiger partial charge in [0.1, 0.15) is 0 Å². The molecule has 2 aromatic rings. The molecule has 0 bridgehead atoms. The third-order valence-corrected chi connectivity index (χ3v) is 4.57. The molecule has 24 heavy (non-hydrogen) atoms. The lowest BCUT2D eigenvalue weighted by Crippen LogP contribution is -2.29. The molecule has 0 aliphatic heterocycles. The van der Waals surface area contributed by atoms with E-state index in [9.17, 15) is 9.59 Å². The predicted molar refractivity (Wildman–Crippen MR) is 96.5 cm³/mol. The van der Waals surface area contributed by atoms with Crippen molar-refractivity contribution < 1.29 is 14.7 Å². The molecule has 0 radical (unpaired) electrons. The highest BCUT2D eigenvalue weighted by Crippen LogP contribution is 2.22. The smallest absolute Gasteiger partial charge is 0.303 e. The minimum atomic E-state index is -0.870. The van der Waals surface area contributed by atoms with Crippen LogP contribution in [0.3, 0.4) is 0 Å². The molecule has 0 saturated carbocycles. The Balaban J connectivity index is 2.22. The molecule has 0 aliphatic carbocycles. The number of thioether (sulfide) groups is 1. The van der Waals surface area contributed by atoms with Crippen LogP contribution >= 0.6 is 11.8 Å². The first-order chi connectivity index (χ1) is 11.5. The van der Waals surface area contributed by atoms with Gasteiger partial charge in [-0.2, -0.15) is 0 Å². The van der Waals surface area contributed by atoms with Crippen molar-refractivity contribution in [2.75, 3.05) is 6.26 Å². The highest BCUT2D eigenvalue weighted by atomic mass is 32.2. The first kappa shape index (κ1) is 18.1. The average Bonchev–Trinajstić information content (AvgIpc) is 2.59. The summed E-state index contributed by atoms with van der Waals surface area (Å²) >= 11 is 1.58. The van der Waals surface area contributed by atoms with E-state index in [1.54, 1.807) is 11.8 Å². The number of benzene rings is 2. The Morgan fingerprint density at radius 2 is 1.88 bits per heavy atom. The van der Waals surface area contributed by atoms with Crippen LogP contribution in [0.15, 0.2) is 53.4 Å². The number of rotatable bonds is 7. The number of hydrogen-bond donors (Lipinski definition) is 2. The van der Waals surface area contributed by atoms with Gasteiger partial charge in [-0.05, 0) is 42.9 Å². The van der Waals surface area contributed by atoms with E-state index in [1.165, 1.54) is 0 Å². The summed E-state index contributed by atoms with van der Waals surface area (Å²) in [6.45, 7) is 1.90. The SMILES string of the molecule is CSc1ccc(C)c(C(=O)NC(CCC(=O)O)c2ccccc2)c1. The van der Waals surface area contributed by atoms with Gasteiger partial charge >= 0.3 is 5.97 Å². The van der Waals surface area contributed by atoms with E-state index in [0.717, 1.165) is 16.0 Å². The van der Waals surface area contributed by atoms with E-state index >= 15 is 0 Å². The monoisotopic (exact) mass is 343 g/mol. The van der Waals surface area contributed by atoms with Crippen LogP contribution in [0.1, 0.15) is 40.4 Å². The lowest BCUT2D eigenvalue weighted by atomic mass is 10.0. The molecule has 5 heteroatoms. The zero-order valence-electron chi connectivity index (χ0n) is 13.8. The Labute approximate surface area is 146 Å². The highest BCUT2D eigenvalue weighted by Gasteiger charge is 2.18. The molecule has 126 valence electrons. The minimum absolute atomic E-state index is 0.00365. The number of carboxylic acids is 1.